The summed E-state index contributed by atoms with van der Waals surface area (Å²) in [6, 6.07) is 2.04. The molecule has 3 N–H and O–H groups in total. The van der Waals surface area contributed by atoms with Crippen LogP contribution in [0.15, 0.2) is 18.2 Å². The van der Waals surface area contributed by atoms with Crippen molar-refractivity contribution in [2.45, 2.75) is 120 Å². The van der Waals surface area contributed by atoms with Gasteiger partial charge >= 0.3 is 12.2 Å². The van der Waals surface area contributed by atoms with Crippen LogP contribution in [0.3, 0.4) is 0 Å². The van der Waals surface area contributed by atoms with Gasteiger partial charge in [-0.15, -0.1) is 0 Å². The van der Waals surface area contributed by atoms with E-state index in [4.69, 9.17) is 14.2 Å². The summed E-state index contributed by atoms with van der Waals surface area (Å²) < 4.78 is 59.0. The van der Waals surface area contributed by atoms with Gasteiger partial charge in [0.2, 0.25) is 21.8 Å². The molecule has 280 valence electrons. The van der Waals surface area contributed by atoms with E-state index >= 15 is 0 Å². The quantitative estimate of drug-likeness (QED) is 0.405. The maximum absolute atomic E-state index is 14.4. The van der Waals surface area contributed by atoms with Crippen LogP contribution in [0.2, 0.25) is 0 Å². The van der Waals surface area contributed by atoms with E-state index in [0.717, 1.165) is 6.42 Å². The van der Waals surface area contributed by atoms with Crippen molar-refractivity contribution in [1.29, 1.82) is 0 Å². The summed E-state index contributed by atoms with van der Waals surface area (Å²) in [7, 11) is -3.91. The van der Waals surface area contributed by atoms with Crippen LogP contribution >= 0.6 is 0 Å². The van der Waals surface area contributed by atoms with E-state index in [9.17, 15) is 36.8 Å². The molecule has 51 heavy (non-hydrogen) atoms. The number of amides is 5. The molecule has 0 bridgehead atoms. The number of sulfonamides is 1. The van der Waals surface area contributed by atoms with Crippen LogP contribution in [0, 0.1) is 11.7 Å². The van der Waals surface area contributed by atoms with Gasteiger partial charge in [0.1, 0.15) is 35.1 Å². The van der Waals surface area contributed by atoms with E-state index < -0.39 is 80.3 Å². The molecule has 4 fully saturated rings. The number of ether oxygens (including phenoxy) is 3. The van der Waals surface area contributed by atoms with E-state index in [2.05, 4.69) is 15.4 Å². The fourth-order valence-electron chi connectivity index (χ4n) is 7.05. The molecule has 2 aliphatic carbocycles. The van der Waals surface area contributed by atoms with Crippen LogP contribution in [0.4, 0.5) is 14.0 Å². The highest BCUT2D eigenvalue weighted by molar-refractivity contribution is 7.91. The Labute approximate surface area is 296 Å². The van der Waals surface area contributed by atoms with Crippen LogP contribution in [0.1, 0.15) is 83.3 Å². The largest absolute Gasteiger partial charge is 0.444 e. The first kappa shape index (κ1) is 36.8. The number of hydrogen-bond donors (Lipinski definition) is 3. The van der Waals surface area contributed by atoms with Crippen LogP contribution < -0.4 is 15.4 Å². The second-order valence-electron chi connectivity index (χ2n) is 15.1. The Hall–Kier alpha value is -3.99. The average molecular weight is 736 g/mol. The summed E-state index contributed by atoms with van der Waals surface area (Å²) in [5.74, 6) is -3.02. The minimum absolute atomic E-state index is 0.0118. The van der Waals surface area contributed by atoms with Crippen molar-refractivity contribution in [3.63, 3.8) is 0 Å². The molecular weight excluding hydrogens is 689 g/mol. The fraction of sp³-hybridized carbons (Fsp3) is 0.676. The van der Waals surface area contributed by atoms with E-state index in [1.165, 1.54) is 15.9 Å². The molecule has 2 saturated heterocycles. The topological polar surface area (TPSA) is 190 Å². The zero-order valence-electron chi connectivity index (χ0n) is 29.1. The number of carbonyl (C=O) groups is 5. The first-order valence-electron chi connectivity index (χ1n) is 17.5. The van der Waals surface area contributed by atoms with Crippen molar-refractivity contribution in [1.82, 2.24) is 25.2 Å². The molecule has 0 radical (unpaired) electrons. The second kappa shape index (κ2) is 14.2. The van der Waals surface area contributed by atoms with Gasteiger partial charge in [-0.3, -0.25) is 24.0 Å². The predicted octanol–water partition coefficient (Wildman–Crippen LogP) is 2.21. The third-order valence-corrected chi connectivity index (χ3v) is 11.8. The third kappa shape index (κ3) is 8.40. The summed E-state index contributed by atoms with van der Waals surface area (Å²) in [5, 5.41) is 4.70. The van der Waals surface area contributed by atoms with Gasteiger partial charge in [0.15, 0.2) is 0 Å². The zero-order chi connectivity index (χ0) is 36.7. The Kier molecular flexibility index (Phi) is 10.2. The smallest absolute Gasteiger partial charge is 0.410 e. The molecule has 5 aliphatic rings. The summed E-state index contributed by atoms with van der Waals surface area (Å²) in [6.07, 6.45) is 0.915. The number of fused-ring (bicyclic) bond motifs is 3. The van der Waals surface area contributed by atoms with Crippen molar-refractivity contribution in [3.05, 3.63) is 35.1 Å². The van der Waals surface area contributed by atoms with Gasteiger partial charge in [0, 0.05) is 25.1 Å². The summed E-state index contributed by atoms with van der Waals surface area (Å²) in [6.45, 7) is 4.93. The number of halogens is 1. The second-order valence-corrected chi connectivity index (χ2v) is 17.1. The van der Waals surface area contributed by atoms with Gasteiger partial charge in [-0.05, 0) is 70.4 Å². The van der Waals surface area contributed by atoms with Crippen molar-refractivity contribution >= 4 is 39.9 Å². The van der Waals surface area contributed by atoms with E-state index in [-0.39, 0.29) is 51.6 Å². The van der Waals surface area contributed by atoms with Crippen molar-refractivity contribution < 1.29 is 51.0 Å². The number of benzene rings is 1. The van der Waals surface area contributed by atoms with E-state index in [1.807, 2.05) is 0 Å². The van der Waals surface area contributed by atoms with Gasteiger partial charge in [-0.1, -0.05) is 25.0 Å². The van der Waals surface area contributed by atoms with Crippen LogP contribution in [-0.4, -0.2) is 102 Å². The summed E-state index contributed by atoms with van der Waals surface area (Å²) in [5.41, 5.74) is -1.35. The lowest BCUT2D eigenvalue weighted by Crippen LogP contribution is -2.59. The molecule has 5 atom stereocenters. The lowest BCUT2D eigenvalue weighted by Gasteiger charge is -2.30. The number of alkyl carbamates (subject to hydrolysis) is 1. The number of carbonyl (C=O) groups excluding carboxylic acids is 5. The monoisotopic (exact) mass is 735 g/mol. The van der Waals surface area contributed by atoms with Crippen molar-refractivity contribution in [3.8, 4) is 0 Å². The molecular formula is C34H46FN5O10S. The maximum Gasteiger partial charge on any atom is 0.410 e. The Balaban J connectivity index is 1.24. The van der Waals surface area contributed by atoms with Gasteiger partial charge in [0.05, 0.1) is 24.9 Å². The highest BCUT2D eigenvalue weighted by Crippen LogP contribution is 2.48. The number of rotatable bonds is 5. The fourth-order valence-corrected chi connectivity index (χ4v) is 8.41. The zero-order valence-corrected chi connectivity index (χ0v) is 29.9. The molecule has 3 aliphatic heterocycles. The van der Waals surface area contributed by atoms with E-state index in [1.54, 1.807) is 32.9 Å². The first-order chi connectivity index (χ1) is 24.1. The summed E-state index contributed by atoms with van der Waals surface area (Å²) in [4.78, 5) is 70.6. The Morgan fingerprint density at radius 3 is 2.55 bits per heavy atom. The molecule has 3 heterocycles. The van der Waals surface area contributed by atoms with E-state index in [0.29, 0.717) is 43.2 Å². The Morgan fingerprint density at radius 1 is 1.08 bits per heavy atom. The predicted molar refractivity (Wildman–Crippen MR) is 178 cm³/mol. The van der Waals surface area contributed by atoms with Crippen molar-refractivity contribution in [2.24, 2.45) is 5.92 Å². The molecule has 17 heteroatoms. The average Bonchev–Trinajstić information content (AvgIpc) is 3.93. The van der Waals surface area contributed by atoms with Crippen molar-refractivity contribution in [2.75, 3.05) is 19.8 Å². The maximum atomic E-state index is 14.4. The molecule has 5 unspecified atom stereocenters. The van der Waals surface area contributed by atoms with Gasteiger partial charge in [-0.2, -0.15) is 0 Å². The number of hydrogen-bond acceptors (Lipinski definition) is 10. The standard InChI is InChI=1S/C34H46FN5O10S/c1-33(2,3)50-31(44)36-26-19-48-13-6-4-5-9-21-15-34(21,30(43)38-51(46,47)23-11-12-23)37-28(41)27-14-22(17-40(27)29(26)42)49-32(45)39-16-20-8-7-10-25(35)24(20)18-39/h7-8,10,21-23,26-27H,4-6,9,11-19H2,1-3H3,(H,36,44)(H,37,41)(H,38,43). The molecule has 1 aromatic carbocycles. The van der Waals surface area contributed by atoms with Crippen LogP contribution in [-0.2, 0) is 51.7 Å². The number of nitrogens with one attached hydrogen (secondary N) is 3. The van der Waals surface area contributed by atoms with Crippen LogP contribution in [0.25, 0.3) is 0 Å². The summed E-state index contributed by atoms with van der Waals surface area (Å²) >= 11 is 0. The molecule has 6 rings (SSSR count). The van der Waals surface area contributed by atoms with Crippen LogP contribution in [0.5, 0.6) is 0 Å². The molecule has 15 nitrogen and oxygen atoms in total. The molecule has 0 aromatic heterocycles. The number of nitrogens with zero attached hydrogens (tertiary/aromatic N) is 2. The highest BCUT2D eigenvalue weighted by Gasteiger charge is 2.62. The Morgan fingerprint density at radius 2 is 1.84 bits per heavy atom. The minimum Gasteiger partial charge on any atom is -0.444 e. The minimum atomic E-state index is -3.91. The van der Waals surface area contributed by atoms with Gasteiger partial charge < -0.3 is 29.7 Å². The molecule has 1 aromatic rings. The third-order valence-electron chi connectivity index (χ3n) is 9.97. The normalized spacial score (nSPS) is 28.6. The van der Waals surface area contributed by atoms with Gasteiger partial charge in [0.25, 0.3) is 5.91 Å². The highest BCUT2D eigenvalue weighted by atomic mass is 32.2. The Bertz CT molecular complexity index is 1680. The molecule has 5 amide bonds. The first-order valence-corrected chi connectivity index (χ1v) is 19.1. The molecule has 0 spiro atoms. The van der Waals surface area contributed by atoms with Gasteiger partial charge in [-0.25, -0.2) is 22.4 Å². The molecule has 2 saturated carbocycles. The SMILES string of the molecule is CC(C)(C)OC(=O)NC1COCCCCCC2CC2(C(=O)NS(=O)(=O)C2CC2)NC(=O)C2CC(OC(=O)N3Cc4cccc(F)c4C3)CN2C1=O. The lowest BCUT2D eigenvalue weighted by molar-refractivity contribution is -0.142. The lowest BCUT2D eigenvalue weighted by atomic mass is 10.1.